The molecule has 0 bridgehead atoms. The molecule has 1 atom stereocenters. The molecule has 0 radical (unpaired) electrons. The summed E-state index contributed by atoms with van der Waals surface area (Å²) in [6, 6.07) is 4.56. The van der Waals surface area contributed by atoms with Crippen LogP contribution in [0.3, 0.4) is 0 Å². The van der Waals surface area contributed by atoms with Gasteiger partial charge in [-0.25, -0.2) is 0 Å². The predicted octanol–water partition coefficient (Wildman–Crippen LogP) is 1.54. The predicted molar refractivity (Wildman–Crippen MR) is 90.2 cm³/mol. The third kappa shape index (κ3) is 3.74. The van der Waals surface area contributed by atoms with E-state index in [1.807, 2.05) is 6.07 Å². The molecule has 0 amide bonds. The van der Waals surface area contributed by atoms with Crippen molar-refractivity contribution in [2.45, 2.75) is 18.9 Å². The van der Waals surface area contributed by atoms with Crippen LogP contribution in [-0.4, -0.2) is 54.3 Å². The highest BCUT2D eigenvalue weighted by Crippen LogP contribution is 2.43. The maximum absolute atomic E-state index is 11.3. The van der Waals surface area contributed by atoms with Gasteiger partial charge in [-0.05, 0) is 24.8 Å². The number of nitrogens with zero attached hydrogens (tertiary/aromatic N) is 3. The molecule has 2 saturated heterocycles. The normalized spacial score (nSPS) is 20.8. The highest BCUT2D eigenvalue weighted by Gasteiger charge is 2.35. The number of benzene rings is 1. The average molecular weight is 346 g/mol. The summed E-state index contributed by atoms with van der Waals surface area (Å²) in [6.45, 7) is 4.56. The molecule has 0 unspecified atom stereocenters. The topological polar surface area (TPSA) is 112 Å². The van der Waals surface area contributed by atoms with Gasteiger partial charge in [0.15, 0.2) is 5.75 Å². The number of phenolic OH excluding ortho intramolecular Hbond substituents is 1. The second-order valence-electron chi connectivity index (χ2n) is 6.48. The minimum Gasteiger partial charge on any atom is -0.502 e. The Morgan fingerprint density at radius 3 is 2.64 bits per heavy atom. The molecule has 0 aliphatic carbocycles. The fraction of sp³-hybridized carbons (Fsp3) is 0.588. The molecule has 0 saturated carbocycles. The van der Waals surface area contributed by atoms with E-state index in [0.717, 1.165) is 45.1 Å². The Morgan fingerprint density at radius 1 is 1.36 bits per heavy atom. The largest absolute Gasteiger partial charge is 0.502 e. The molecule has 0 spiro atoms. The summed E-state index contributed by atoms with van der Waals surface area (Å²) in [5, 5.41) is 34.5. The number of nitro benzene ring substituents is 1. The standard InChI is InChI=1S/C17H22N4O4/c18-11-12-9-14(17(22)15(10-12)21(23)24)16(13-1-7-25-8-2-13)20-5-3-19-4-6-20/h9-10,13,16,19,22H,1-8H2/t16-/m0/s1. The van der Waals surface area contributed by atoms with Crippen LogP contribution in [0.5, 0.6) is 5.75 Å². The number of hydrogen-bond donors (Lipinski definition) is 2. The molecule has 134 valence electrons. The Labute approximate surface area is 146 Å². The summed E-state index contributed by atoms with van der Waals surface area (Å²) < 4.78 is 5.46. The van der Waals surface area contributed by atoms with Gasteiger partial charge in [0.25, 0.3) is 0 Å². The average Bonchev–Trinajstić information content (AvgIpc) is 2.65. The number of rotatable bonds is 4. The second-order valence-corrected chi connectivity index (χ2v) is 6.48. The Bertz CT molecular complexity index is 658. The van der Waals surface area contributed by atoms with Gasteiger partial charge in [-0.2, -0.15) is 5.26 Å². The molecule has 2 N–H and O–H groups in total. The minimum atomic E-state index is -0.627. The Balaban J connectivity index is 2.06. The lowest BCUT2D eigenvalue weighted by atomic mass is 9.84. The summed E-state index contributed by atoms with van der Waals surface area (Å²) in [4.78, 5) is 12.9. The van der Waals surface area contributed by atoms with Gasteiger partial charge in [0.1, 0.15) is 0 Å². The van der Waals surface area contributed by atoms with Gasteiger partial charge in [-0.3, -0.25) is 15.0 Å². The monoisotopic (exact) mass is 346 g/mol. The maximum atomic E-state index is 11.3. The van der Waals surface area contributed by atoms with E-state index in [1.54, 1.807) is 6.07 Å². The van der Waals surface area contributed by atoms with E-state index in [1.165, 1.54) is 0 Å². The lowest BCUT2D eigenvalue weighted by Gasteiger charge is -2.41. The molecular formula is C17H22N4O4. The summed E-state index contributed by atoms with van der Waals surface area (Å²) in [6.07, 6.45) is 1.66. The summed E-state index contributed by atoms with van der Waals surface area (Å²) in [5.41, 5.74) is 0.285. The van der Waals surface area contributed by atoms with Gasteiger partial charge in [-0.1, -0.05) is 0 Å². The van der Waals surface area contributed by atoms with Crippen molar-refractivity contribution in [3.05, 3.63) is 33.4 Å². The van der Waals surface area contributed by atoms with Gasteiger partial charge >= 0.3 is 5.69 Å². The zero-order valence-corrected chi connectivity index (χ0v) is 14.0. The van der Waals surface area contributed by atoms with Crippen LogP contribution in [0.4, 0.5) is 5.69 Å². The zero-order valence-electron chi connectivity index (χ0n) is 14.0. The minimum absolute atomic E-state index is 0.155. The van der Waals surface area contributed by atoms with Crippen molar-refractivity contribution in [2.75, 3.05) is 39.4 Å². The molecule has 2 heterocycles. The van der Waals surface area contributed by atoms with Gasteiger partial charge in [0.2, 0.25) is 0 Å². The van der Waals surface area contributed by atoms with Crippen molar-refractivity contribution >= 4 is 5.69 Å². The molecule has 25 heavy (non-hydrogen) atoms. The summed E-state index contributed by atoms with van der Waals surface area (Å²) in [7, 11) is 0. The van der Waals surface area contributed by atoms with E-state index in [2.05, 4.69) is 10.2 Å². The first-order valence-corrected chi connectivity index (χ1v) is 8.55. The molecule has 3 rings (SSSR count). The number of nitrogens with one attached hydrogen (secondary N) is 1. The van der Waals surface area contributed by atoms with Crippen LogP contribution in [0.1, 0.15) is 30.0 Å². The molecule has 2 aliphatic rings. The van der Waals surface area contributed by atoms with Crippen LogP contribution in [0, 0.1) is 27.4 Å². The second kappa shape index (κ2) is 7.78. The highest BCUT2D eigenvalue weighted by molar-refractivity contribution is 5.57. The Hall–Kier alpha value is -2.21. The first kappa shape index (κ1) is 17.6. The zero-order chi connectivity index (χ0) is 17.8. The van der Waals surface area contributed by atoms with Crippen LogP contribution in [0.25, 0.3) is 0 Å². The van der Waals surface area contributed by atoms with Crippen LogP contribution < -0.4 is 5.32 Å². The van der Waals surface area contributed by atoms with Crippen molar-refractivity contribution in [3.8, 4) is 11.8 Å². The van der Waals surface area contributed by atoms with Crippen molar-refractivity contribution in [1.29, 1.82) is 5.26 Å². The van der Waals surface area contributed by atoms with Gasteiger partial charge in [-0.15, -0.1) is 0 Å². The third-order valence-electron chi connectivity index (χ3n) is 5.02. The number of ether oxygens (including phenoxy) is 1. The number of nitriles is 1. The summed E-state index contributed by atoms with van der Waals surface area (Å²) >= 11 is 0. The lowest BCUT2D eigenvalue weighted by molar-refractivity contribution is -0.386. The molecular weight excluding hydrogens is 324 g/mol. The quantitative estimate of drug-likeness (QED) is 0.628. The Kier molecular flexibility index (Phi) is 5.48. The van der Waals surface area contributed by atoms with E-state index in [0.29, 0.717) is 18.8 Å². The highest BCUT2D eigenvalue weighted by atomic mass is 16.6. The molecule has 1 aromatic carbocycles. The molecule has 0 aromatic heterocycles. The van der Waals surface area contributed by atoms with Gasteiger partial charge in [0.05, 0.1) is 16.6 Å². The SMILES string of the molecule is N#Cc1cc([C@H](C2CCOCC2)N2CCNCC2)c(O)c([N+](=O)[O-])c1. The maximum Gasteiger partial charge on any atom is 0.312 e. The van der Waals surface area contributed by atoms with Crippen LogP contribution in [0.15, 0.2) is 12.1 Å². The molecule has 2 fully saturated rings. The van der Waals surface area contributed by atoms with E-state index in [4.69, 9.17) is 4.74 Å². The van der Waals surface area contributed by atoms with Crippen LogP contribution in [-0.2, 0) is 4.74 Å². The smallest absolute Gasteiger partial charge is 0.312 e. The Morgan fingerprint density at radius 2 is 2.04 bits per heavy atom. The first-order valence-electron chi connectivity index (χ1n) is 8.55. The fourth-order valence-electron chi connectivity index (χ4n) is 3.81. The lowest BCUT2D eigenvalue weighted by Crippen LogP contribution is -2.47. The molecule has 8 nitrogen and oxygen atoms in total. The summed E-state index contributed by atoms with van der Waals surface area (Å²) in [5.74, 6) is -0.0923. The molecule has 1 aromatic rings. The molecule has 2 aliphatic heterocycles. The van der Waals surface area contributed by atoms with Crippen molar-refractivity contribution < 1.29 is 14.8 Å². The van der Waals surface area contributed by atoms with Crippen LogP contribution in [0.2, 0.25) is 0 Å². The number of piperazine rings is 1. The van der Waals surface area contributed by atoms with E-state index in [-0.39, 0.29) is 23.3 Å². The van der Waals surface area contributed by atoms with Crippen molar-refractivity contribution in [1.82, 2.24) is 10.2 Å². The van der Waals surface area contributed by atoms with Gasteiger partial charge in [0, 0.05) is 57.1 Å². The first-order chi connectivity index (χ1) is 12.1. The van der Waals surface area contributed by atoms with Crippen molar-refractivity contribution in [3.63, 3.8) is 0 Å². The number of nitro groups is 1. The number of aromatic hydroxyl groups is 1. The number of phenols is 1. The van der Waals surface area contributed by atoms with Crippen molar-refractivity contribution in [2.24, 2.45) is 5.92 Å². The van der Waals surface area contributed by atoms with Crippen LogP contribution >= 0.6 is 0 Å². The van der Waals surface area contributed by atoms with E-state index in [9.17, 15) is 20.5 Å². The van der Waals surface area contributed by atoms with E-state index >= 15 is 0 Å². The van der Waals surface area contributed by atoms with E-state index < -0.39 is 10.6 Å². The van der Waals surface area contributed by atoms with Gasteiger partial charge < -0.3 is 15.2 Å². The molecule has 8 heteroatoms. The fourth-order valence-corrected chi connectivity index (χ4v) is 3.81. The third-order valence-corrected chi connectivity index (χ3v) is 5.02. The number of hydrogen-bond acceptors (Lipinski definition) is 7.